The van der Waals surface area contributed by atoms with Crippen molar-refractivity contribution in [2.24, 2.45) is 0 Å². The van der Waals surface area contributed by atoms with Crippen molar-refractivity contribution in [3.63, 3.8) is 0 Å². The molecule has 0 radical (unpaired) electrons. The number of aliphatic hydroxyl groups is 1. The fourth-order valence-electron chi connectivity index (χ4n) is 1.49. The molecule has 0 aromatic rings. The molecule has 2 N–H and O–H groups in total. The van der Waals surface area contributed by atoms with E-state index >= 15 is 0 Å². The van der Waals surface area contributed by atoms with E-state index in [4.69, 9.17) is 15.1 Å². The van der Waals surface area contributed by atoms with Crippen LogP contribution in [0.5, 0.6) is 0 Å². The van der Waals surface area contributed by atoms with Gasteiger partial charge < -0.3 is 15.2 Å². The van der Waals surface area contributed by atoms with Crippen LogP contribution in [-0.4, -0.2) is 62.0 Å². The first-order chi connectivity index (χ1) is 6.88. The molecule has 80 valence electrons. The Morgan fingerprint density at radius 2 is 2.43 bits per heavy atom. The summed E-state index contributed by atoms with van der Waals surface area (Å²) in [5, 5.41) is 20.5. The van der Waals surface area contributed by atoms with Gasteiger partial charge in [0, 0.05) is 26.2 Å². The van der Waals surface area contributed by atoms with Crippen molar-refractivity contribution in [1.82, 2.24) is 10.2 Å². The summed E-state index contributed by atoms with van der Waals surface area (Å²) < 4.78 is 5.16. The van der Waals surface area contributed by atoms with Gasteiger partial charge in [0.1, 0.15) is 6.04 Å². The van der Waals surface area contributed by atoms with Gasteiger partial charge in [-0.3, -0.25) is 4.90 Å². The lowest BCUT2D eigenvalue weighted by atomic mass is 10.2. The molecule has 0 aromatic carbocycles. The van der Waals surface area contributed by atoms with E-state index < -0.39 is 0 Å². The first-order valence-electron chi connectivity index (χ1n) is 4.91. The molecule has 1 unspecified atom stereocenters. The Morgan fingerprint density at radius 1 is 1.57 bits per heavy atom. The third-order valence-corrected chi connectivity index (χ3v) is 2.26. The zero-order valence-corrected chi connectivity index (χ0v) is 8.28. The van der Waals surface area contributed by atoms with E-state index in [2.05, 4.69) is 16.3 Å². The zero-order chi connectivity index (χ0) is 10.2. The minimum Gasteiger partial charge on any atom is -0.394 e. The van der Waals surface area contributed by atoms with E-state index in [1.165, 1.54) is 0 Å². The van der Waals surface area contributed by atoms with Crippen LogP contribution in [0.3, 0.4) is 0 Å². The molecule has 1 heterocycles. The topological polar surface area (TPSA) is 68.5 Å². The number of rotatable bonds is 5. The molecular weight excluding hydrogens is 182 g/mol. The van der Waals surface area contributed by atoms with Crippen LogP contribution in [-0.2, 0) is 4.74 Å². The second kappa shape index (κ2) is 6.74. The summed E-state index contributed by atoms with van der Waals surface area (Å²) in [6.07, 6.45) is 0. The molecule has 1 aliphatic rings. The van der Waals surface area contributed by atoms with Crippen molar-refractivity contribution in [1.29, 1.82) is 5.26 Å². The number of nitrogens with one attached hydrogen (secondary N) is 1. The van der Waals surface area contributed by atoms with Crippen molar-refractivity contribution in [3.05, 3.63) is 0 Å². The third kappa shape index (κ3) is 3.60. The molecule has 0 aromatic heterocycles. The maximum absolute atomic E-state index is 8.85. The first kappa shape index (κ1) is 11.4. The van der Waals surface area contributed by atoms with Crippen LogP contribution in [0.25, 0.3) is 0 Å². The quantitative estimate of drug-likeness (QED) is 0.544. The van der Waals surface area contributed by atoms with Gasteiger partial charge in [-0.2, -0.15) is 5.26 Å². The average molecular weight is 199 g/mol. The summed E-state index contributed by atoms with van der Waals surface area (Å²) in [6.45, 7) is 4.33. The number of hydrogen-bond donors (Lipinski definition) is 2. The molecule has 5 heteroatoms. The molecule has 1 aliphatic heterocycles. The van der Waals surface area contributed by atoms with Crippen molar-refractivity contribution in [3.8, 4) is 6.07 Å². The Hall–Kier alpha value is -0.670. The molecule has 1 rings (SSSR count). The van der Waals surface area contributed by atoms with Crippen LogP contribution in [0.15, 0.2) is 0 Å². The van der Waals surface area contributed by atoms with Gasteiger partial charge in [-0.25, -0.2) is 0 Å². The Morgan fingerprint density at radius 3 is 3.14 bits per heavy atom. The number of nitrogens with zero attached hydrogens (tertiary/aromatic N) is 2. The molecule has 0 bridgehead atoms. The van der Waals surface area contributed by atoms with Crippen LogP contribution >= 0.6 is 0 Å². The predicted octanol–water partition coefficient (Wildman–Crippen LogP) is -1.21. The largest absolute Gasteiger partial charge is 0.394 e. The summed E-state index contributed by atoms with van der Waals surface area (Å²) >= 11 is 0. The molecule has 5 nitrogen and oxygen atoms in total. The molecule has 1 saturated heterocycles. The zero-order valence-electron chi connectivity index (χ0n) is 8.28. The summed E-state index contributed by atoms with van der Waals surface area (Å²) in [4.78, 5) is 2.11. The molecule has 0 saturated carbocycles. The van der Waals surface area contributed by atoms with Gasteiger partial charge in [0.2, 0.25) is 0 Å². The van der Waals surface area contributed by atoms with Gasteiger partial charge in [0.05, 0.1) is 25.9 Å². The standard InChI is InChI=1S/C9H17N3O2/c10-7-9-8-11-1-2-12(9)3-5-14-6-4-13/h9,11,13H,1-6,8H2. The Balaban J connectivity index is 2.17. The van der Waals surface area contributed by atoms with Gasteiger partial charge in [-0.05, 0) is 0 Å². The van der Waals surface area contributed by atoms with Crippen LogP contribution in [0.2, 0.25) is 0 Å². The summed E-state index contributed by atoms with van der Waals surface area (Å²) in [5.74, 6) is 0. The van der Waals surface area contributed by atoms with Crippen LogP contribution in [0, 0.1) is 11.3 Å². The molecular formula is C9H17N3O2. The van der Waals surface area contributed by atoms with Gasteiger partial charge in [-0.1, -0.05) is 0 Å². The highest BCUT2D eigenvalue weighted by atomic mass is 16.5. The molecule has 14 heavy (non-hydrogen) atoms. The Bertz CT molecular complexity index is 193. The highest BCUT2D eigenvalue weighted by Crippen LogP contribution is 2.01. The fraction of sp³-hybridized carbons (Fsp3) is 0.889. The highest BCUT2D eigenvalue weighted by molar-refractivity contribution is 4.95. The van der Waals surface area contributed by atoms with Gasteiger partial charge >= 0.3 is 0 Å². The fourth-order valence-corrected chi connectivity index (χ4v) is 1.49. The smallest absolute Gasteiger partial charge is 0.110 e. The average Bonchev–Trinajstić information content (AvgIpc) is 2.25. The van der Waals surface area contributed by atoms with E-state index in [9.17, 15) is 0 Å². The lowest BCUT2D eigenvalue weighted by Gasteiger charge is -2.31. The third-order valence-electron chi connectivity index (χ3n) is 2.26. The SMILES string of the molecule is N#CC1CNCCN1CCOCCO. The van der Waals surface area contributed by atoms with Crippen LogP contribution < -0.4 is 5.32 Å². The Labute approximate surface area is 84.3 Å². The number of aliphatic hydroxyl groups excluding tert-OH is 1. The molecule has 0 amide bonds. The van der Waals surface area contributed by atoms with Crippen LogP contribution in [0.1, 0.15) is 0 Å². The molecule has 0 aliphatic carbocycles. The second-order valence-corrected chi connectivity index (χ2v) is 3.22. The normalized spacial score (nSPS) is 23.3. The summed E-state index contributed by atoms with van der Waals surface area (Å²) in [5.41, 5.74) is 0. The van der Waals surface area contributed by atoms with Crippen molar-refractivity contribution < 1.29 is 9.84 Å². The van der Waals surface area contributed by atoms with E-state index in [-0.39, 0.29) is 12.6 Å². The minimum absolute atomic E-state index is 0.0403. The number of ether oxygens (including phenoxy) is 1. The number of nitriles is 1. The minimum atomic E-state index is -0.0403. The summed E-state index contributed by atoms with van der Waals surface area (Å²) in [7, 11) is 0. The first-order valence-corrected chi connectivity index (χ1v) is 4.91. The van der Waals surface area contributed by atoms with Gasteiger partial charge in [0.25, 0.3) is 0 Å². The lowest BCUT2D eigenvalue weighted by Crippen LogP contribution is -2.51. The van der Waals surface area contributed by atoms with Gasteiger partial charge in [-0.15, -0.1) is 0 Å². The maximum atomic E-state index is 8.85. The van der Waals surface area contributed by atoms with Crippen LogP contribution in [0.4, 0.5) is 0 Å². The van der Waals surface area contributed by atoms with E-state index in [1.54, 1.807) is 0 Å². The molecule has 0 spiro atoms. The predicted molar refractivity (Wildman–Crippen MR) is 51.7 cm³/mol. The maximum Gasteiger partial charge on any atom is 0.110 e. The van der Waals surface area contributed by atoms with E-state index in [0.717, 1.165) is 26.2 Å². The lowest BCUT2D eigenvalue weighted by molar-refractivity contribution is 0.0643. The molecule has 1 atom stereocenters. The van der Waals surface area contributed by atoms with E-state index in [1.807, 2.05) is 0 Å². The van der Waals surface area contributed by atoms with E-state index in [0.29, 0.717) is 13.2 Å². The monoisotopic (exact) mass is 199 g/mol. The highest BCUT2D eigenvalue weighted by Gasteiger charge is 2.20. The second-order valence-electron chi connectivity index (χ2n) is 3.22. The van der Waals surface area contributed by atoms with Gasteiger partial charge in [0.15, 0.2) is 0 Å². The van der Waals surface area contributed by atoms with Crippen molar-refractivity contribution in [2.75, 3.05) is 46.0 Å². The number of hydrogen-bond acceptors (Lipinski definition) is 5. The number of piperazine rings is 1. The summed E-state index contributed by atoms with van der Waals surface area (Å²) in [6, 6.07) is 2.21. The van der Waals surface area contributed by atoms with Crippen molar-refractivity contribution >= 4 is 0 Å². The Kier molecular flexibility index (Phi) is 5.49. The van der Waals surface area contributed by atoms with Crippen molar-refractivity contribution in [2.45, 2.75) is 6.04 Å². The molecule has 1 fully saturated rings.